The lowest BCUT2D eigenvalue weighted by molar-refractivity contribution is 0.316. The van der Waals surface area contributed by atoms with Crippen LogP contribution in [0.2, 0.25) is 0 Å². The van der Waals surface area contributed by atoms with Crippen molar-refractivity contribution in [1.82, 2.24) is 20.4 Å². The van der Waals surface area contributed by atoms with Gasteiger partial charge < -0.3 is 9.84 Å². The van der Waals surface area contributed by atoms with Gasteiger partial charge in [-0.15, -0.1) is 0 Å². The third-order valence-corrected chi connectivity index (χ3v) is 3.27. The topological polar surface area (TPSA) is 63.8 Å². The van der Waals surface area contributed by atoms with Gasteiger partial charge in [-0.1, -0.05) is 5.16 Å². The highest BCUT2D eigenvalue weighted by Gasteiger charge is 2.17. The summed E-state index contributed by atoms with van der Waals surface area (Å²) in [4.78, 5) is 8.42. The van der Waals surface area contributed by atoms with E-state index in [0.717, 1.165) is 31.0 Å². The lowest BCUT2D eigenvalue weighted by Crippen LogP contribution is -2.30. The Morgan fingerprint density at radius 2 is 2.22 bits per heavy atom. The van der Waals surface area contributed by atoms with Crippen LogP contribution >= 0.6 is 0 Å². The third-order valence-electron chi connectivity index (χ3n) is 3.27. The zero-order valence-corrected chi connectivity index (χ0v) is 10.2. The van der Waals surface area contributed by atoms with E-state index in [1.807, 2.05) is 12.1 Å². The molecule has 1 unspecified atom stereocenters. The average Bonchev–Trinajstić information content (AvgIpc) is 2.89. The second kappa shape index (κ2) is 5.27. The lowest BCUT2D eigenvalue weighted by atomic mass is 9.96. The van der Waals surface area contributed by atoms with Gasteiger partial charge in [0, 0.05) is 24.4 Å². The van der Waals surface area contributed by atoms with Crippen LogP contribution in [0.5, 0.6) is 0 Å². The van der Waals surface area contributed by atoms with Crippen molar-refractivity contribution in [2.75, 3.05) is 13.1 Å². The van der Waals surface area contributed by atoms with E-state index in [2.05, 4.69) is 20.4 Å². The van der Waals surface area contributed by atoms with Crippen LogP contribution in [0.25, 0.3) is 11.4 Å². The summed E-state index contributed by atoms with van der Waals surface area (Å²) in [5.41, 5.74) is 0.946. The maximum atomic E-state index is 5.31. The molecule has 2 aromatic heterocycles. The number of hydrogen-bond donors (Lipinski definition) is 1. The van der Waals surface area contributed by atoms with Crippen LogP contribution in [-0.2, 0) is 6.42 Å². The highest BCUT2D eigenvalue weighted by Crippen LogP contribution is 2.18. The summed E-state index contributed by atoms with van der Waals surface area (Å²) >= 11 is 0. The highest BCUT2D eigenvalue weighted by atomic mass is 16.5. The van der Waals surface area contributed by atoms with E-state index in [1.165, 1.54) is 12.8 Å². The van der Waals surface area contributed by atoms with Gasteiger partial charge in [0.2, 0.25) is 11.7 Å². The number of nitrogens with zero attached hydrogens (tertiary/aromatic N) is 3. The van der Waals surface area contributed by atoms with Crippen molar-refractivity contribution in [3.05, 3.63) is 30.4 Å². The number of pyridine rings is 1. The van der Waals surface area contributed by atoms with Crippen molar-refractivity contribution in [3.63, 3.8) is 0 Å². The summed E-state index contributed by atoms with van der Waals surface area (Å²) < 4.78 is 5.31. The summed E-state index contributed by atoms with van der Waals surface area (Å²) in [5, 5.41) is 7.41. The van der Waals surface area contributed by atoms with Gasteiger partial charge in [-0.05, 0) is 44.0 Å². The molecule has 5 heteroatoms. The summed E-state index contributed by atoms with van der Waals surface area (Å²) in [6, 6.07) is 3.77. The van der Waals surface area contributed by atoms with Crippen LogP contribution in [0.3, 0.4) is 0 Å². The molecule has 94 valence electrons. The first kappa shape index (κ1) is 11.3. The fourth-order valence-electron chi connectivity index (χ4n) is 2.30. The Kier molecular flexibility index (Phi) is 3.32. The molecule has 1 N–H and O–H groups in total. The van der Waals surface area contributed by atoms with Gasteiger partial charge in [0.1, 0.15) is 0 Å². The SMILES string of the molecule is c1cc(-c2noc(CC3CCCNC3)n2)ccn1. The summed E-state index contributed by atoms with van der Waals surface area (Å²) in [5.74, 6) is 2.00. The number of piperidine rings is 1. The highest BCUT2D eigenvalue weighted by molar-refractivity contribution is 5.52. The van der Waals surface area contributed by atoms with Crippen molar-refractivity contribution in [2.24, 2.45) is 5.92 Å². The van der Waals surface area contributed by atoms with E-state index in [4.69, 9.17) is 4.52 Å². The summed E-state index contributed by atoms with van der Waals surface area (Å²) in [7, 11) is 0. The van der Waals surface area contributed by atoms with E-state index in [0.29, 0.717) is 11.7 Å². The lowest BCUT2D eigenvalue weighted by Gasteiger charge is -2.20. The first-order valence-electron chi connectivity index (χ1n) is 6.35. The first-order chi connectivity index (χ1) is 8.92. The Balaban J connectivity index is 1.69. The van der Waals surface area contributed by atoms with Crippen molar-refractivity contribution in [3.8, 4) is 11.4 Å². The molecule has 0 saturated carbocycles. The molecule has 0 bridgehead atoms. The van der Waals surface area contributed by atoms with Gasteiger partial charge in [-0.25, -0.2) is 0 Å². The fourth-order valence-corrected chi connectivity index (χ4v) is 2.30. The van der Waals surface area contributed by atoms with E-state index in [1.54, 1.807) is 12.4 Å². The van der Waals surface area contributed by atoms with Crippen molar-refractivity contribution >= 4 is 0 Å². The monoisotopic (exact) mass is 244 g/mol. The molecule has 5 nitrogen and oxygen atoms in total. The minimum Gasteiger partial charge on any atom is -0.339 e. The summed E-state index contributed by atoms with van der Waals surface area (Å²) in [6.07, 6.45) is 6.80. The van der Waals surface area contributed by atoms with Crippen LogP contribution < -0.4 is 5.32 Å². The molecule has 0 radical (unpaired) electrons. The van der Waals surface area contributed by atoms with E-state index in [9.17, 15) is 0 Å². The van der Waals surface area contributed by atoms with E-state index >= 15 is 0 Å². The smallest absolute Gasteiger partial charge is 0.227 e. The van der Waals surface area contributed by atoms with Crippen LogP contribution in [0, 0.1) is 5.92 Å². The molecule has 0 amide bonds. The molecule has 0 aliphatic carbocycles. The Morgan fingerprint density at radius 3 is 3.00 bits per heavy atom. The van der Waals surface area contributed by atoms with Crippen LogP contribution in [0.1, 0.15) is 18.7 Å². The molecule has 2 aromatic rings. The normalized spacial score (nSPS) is 19.9. The van der Waals surface area contributed by atoms with Crippen molar-refractivity contribution < 1.29 is 4.52 Å². The van der Waals surface area contributed by atoms with Crippen LogP contribution in [0.15, 0.2) is 29.0 Å². The zero-order chi connectivity index (χ0) is 12.2. The first-order valence-corrected chi connectivity index (χ1v) is 6.35. The maximum absolute atomic E-state index is 5.31. The predicted octanol–water partition coefficient (Wildman–Crippen LogP) is 1.67. The minimum absolute atomic E-state index is 0.615. The van der Waals surface area contributed by atoms with Crippen LogP contribution in [-0.4, -0.2) is 28.2 Å². The van der Waals surface area contributed by atoms with E-state index < -0.39 is 0 Å². The van der Waals surface area contributed by atoms with Gasteiger partial charge in [-0.2, -0.15) is 4.98 Å². The number of hydrogen-bond acceptors (Lipinski definition) is 5. The quantitative estimate of drug-likeness (QED) is 0.889. The maximum Gasteiger partial charge on any atom is 0.227 e. The molecule has 3 rings (SSSR count). The molecule has 1 aliphatic heterocycles. The Bertz CT molecular complexity index is 491. The predicted molar refractivity (Wildman–Crippen MR) is 66.8 cm³/mol. The second-order valence-corrected chi connectivity index (χ2v) is 4.66. The standard InChI is InChI=1S/C13H16N4O/c1-2-10(9-15-5-1)8-12-16-13(17-18-12)11-3-6-14-7-4-11/h3-4,6-7,10,15H,1-2,5,8-9H2. The van der Waals surface area contributed by atoms with E-state index in [-0.39, 0.29) is 0 Å². The Labute approximate surface area is 106 Å². The molecule has 1 fully saturated rings. The fraction of sp³-hybridized carbons (Fsp3) is 0.462. The van der Waals surface area contributed by atoms with Crippen molar-refractivity contribution in [1.29, 1.82) is 0 Å². The molecule has 1 atom stereocenters. The Morgan fingerprint density at radius 1 is 1.33 bits per heavy atom. The Hall–Kier alpha value is -1.75. The summed E-state index contributed by atoms with van der Waals surface area (Å²) in [6.45, 7) is 2.18. The second-order valence-electron chi connectivity index (χ2n) is 4.66. The minimum atomic E-state index is 0.615. The molecule has 3 heterocycles. The van der Waals surface area contributed by atoms with Gasteiger partial charge in [0.15, 0.2) is 0 Å². The van der Waals surface area contributed by atoms with Gasteiger partial charge in [-0.3, -0.25) is 4.98 Å². The average molecular weight is 244 g/mol. The number of aromatic nitrogens is 3. The molecule has 1 saturated heterocycles. The zero-order valence-electron chi connectivity index (χ0n) is 10.2. The molecule has 1 aliphatic rings. The largest absolute Gasteiger partial charge is 0.339 e. The molecular weight excluding hydrogens is 228 g/mol. The van der Waals surface area contributed by atoms with Crippen molar-refractivity contribution in [2.45, 2.75) is 19.3 Å². The number of nitrogens with one attached hydrogen (secondary N) is 1. The third kappa shape index (κ3) is 2.56. The molecule has 18 heavy (non-hydrogen) atoms. The van der Waals surface area contributed by atoms with Gasteiger partial charge in [0.25, 0.3) is 0 Å². The van der Waals surface area contributed by atoms with Crippen LogP contribution in [0.4, 0.5) is 0 Å². The molecule has 0 spiro atoms. The van der Waals surface area contributed by atoms with Gasteiger partial charge in [0.05, 0.1) is 0 Å². The molecule has 0 aromatic carbocycles. The van der Waals surface area contributed by atoms with Gasteiger partial charge >= 0.3 is 0 Å². The number of rotatable bonds is 3. The molecular formula is C13H16N4O.